The van der Waals surface area contributed by atoms with Crippen LogP contribution < -0.4 is 21.3 Å². The molecular weight excluding hydrogens is 506 g/mol. The lowest BCUT2D eigenvalue weighted by molar-refractivity contribution is -0.139. The van der Waals surface area contributed by atoms with Crippen LogP contribution in [0.5, 0.6) is 0 Å². The van der Waals surface area contributed by atoms with E-state index in [1.165, 1.54) is 30.1 Å². The fourth-order valence-corrected chi connectivity index (χ4v) is 4.46. The smallest absolute Gasteiger partial charge is 0.410 e. The molecule has 1 aromatic rings. The fraction of sp³-hybridized carbons (Fsp3) is 0.500. The zero-order valence-corrected chi connectivity index (χ0v) is 21.1. The number of nitrogens with zero attached hydrogens (tertiary/aromatic N) is 1. The number of benzene rings is 1. The maximum absolute atomic E-state index is 13.3. The van der Waals surface area contributed by atoms with Crippen molar-refractivity contribution in [2.75, 3.05) is 18.9 Å². The second-order valence-electron chi connectivity index (χ2n) is 9.65. The minimum Gasteiger partial charge on any atom is -0.434 e. The molecule has 1 aliphatic carbocycles. The van der Waals surface area contributed by atoms with Gasteiger partial charge in [-0.2, -0.15) is 0 Å². The number of cyclic esters (lactones) is 1. The van der Waals surface area contributed by atoms with Gasteiger partial charge in [-0.3, -0.25) is 24.0 Å². The van der Waals surface area contributed by atoms with Crippen molar-refractivity contribution < 1.29 is 33.5 Å². The van der Waals surface area contributed by atoms with E-state index in [9.17, 15) is 28.8 Å². The van der Waals surface area contributed by atoms with Gasteiger partial charge in [-0.25, -0.2) is 4.79 Å². The largest absolute Gasteiger partial charge is 0.434 e. The van der Waals surface area contributed by atoms with Gasteiger partial charge in [-0.15, -0.1) is 0 Å². The fourth-order valence-electron chi connectivity index (χ4n) is 4.29. The van der Waals surface area contributed by atoms with Crippen molar-refractivity contribution in [2.24, 2.45) is 5.92 Å². The van der Waals surface area contributed by atoms with Crippen molar-refractivity contribution in [1.82, 2.24) is 20.9 Å². The molecule has 13 heteroatoms. The van der Waals surface area contributed by atoms with Crippen LogP contribution in [0.3, 0.4) is 0 Å². The topological polar surface area (TPSA) is 163 Å². The SMILES string of the molecule is C[C@@H]1C[C@@H](C[C@H](NC(=O)c2cc(Cl)ccc2NC(=O)[C@@H]2CN(C)C(=O)O2)C(=O)C(=O)NC2CC2)C(=O)N1. The first kappa shape index (κ1) is 26.4. The number of Topliss-reactive ketones (excluding diaryl/α,β-unsaturated/α-hetero) is 1. The Hall–Kier alpha value is -3.67. The van der Waals surface area contributed by atoms with Crippen molar-refractivity contribution in [3.63, 3.8) is 0 Å². The Morgan fingerprint density at radius 3 is 2.54 bits per heavy atom. The summed E-state index contributed by atoms with van der Waals surface area (Å²) < 4.78 is 5.01. The molecular formula is C24H28ClN5O7. The number of ether oxygens (including phenoxy) is 1. The maximum atomic E-state index is 13.3. The van der Waals surface area contributed by atoms with Gasteiger partial charge >= 0.3 is 6.09 Å². The van der Waals surface area contributed by atoms with Crippen molar-refractivity contribution in [2.45, 2.75) is 56.8 Å². The number of hydrogen-bond donors (Lipinski definition) is 4. The highest BCUT2D eigenvalue weighted by molar-refractivity contribution is 6.38. The van der Waals surface area contributed by atoms with Crippen LogP contribution >= 0.6 is 11.6 Å². The van der Waals surface area contributed by atoms with E-state index < -0.39 is 47.7 Å². The third-order valence-electron chi connectivity index (χ3n) is 6.45. The van der Waals surface area contributed by atoms with E-state index in [2.05, 4.69) is 21.3 Å². The summed E-state index contributed by atoms with van der Waals surface area (Å²) in [7, 11) is 1.48. The van der Waals surface area contributed by atoms with E-state index in [0.717, 1.165) is 12.8 Å². The maximum Gasteiger partial charge on any atom is 0.410 e. The van der Waals surface area contributed by atoms with E-state index in [1.54, 1.807) is 0 Å². The standard InChI is InChI=1S/C24H28ClN5O7/c1-11-7-12(20(32)26-11)8-17(19(31)23(35)27-14-4-5-14)29-21(33)15-9-13(25)3-6-16(15)28-22(34)18-10-30(2)24(36)37-18/h3,6,9,11-12,14,17-18H,4-5,7-8,10H2,1-2H3,(H,26,32)(H,27,35)(H,28,34)(H,29,33)/t11-,12+,17+,18+/m1/s1. The van der Waals surface area contributed by atoms with Gasteiger partial charge in [0.1, 0.15) is 0 Å². The van der Waals surface area contributed by atoms with E-state index in [0.29, 0.717) is 6.42 Å². The molecule has 3 fully saturated rings. The number of nitrogens with one attached hydrogen (secondary N) is 4. The summed E-state index contributed by atoms with van der Waals surface area (Å²) in [5, 5.41) is 10.7. The zero-order valence-electron chi connectivity index (χ0n) is 20.3. The van der Waals surface area contributed by atoms with Crippen LogP contribution in [0, 0.1) is 5.92 Å². The molecule has 2 heterocycles. The highest BCUT2D eigenvalue weighted by Crippen LogP contribution is 2.25. The van der Waals surface area contributed by atoms with Crippen molar-refractivity contribution in [3.05, 3.63) is 28.8 Å². The Balaban J connectivity index is 1.52. The van der Waals surface area contributed by atoms with Gasteiger partial charge in [-0.1, -0.05) is 11.6 Å². The monoisotopic (exact) mass is 533 g/mol. The summed E-state index contributed by atoms with van der Waals surface area (Å²) in [5.41, 5.74) is 0.00142. The number of hydrogen-bond acceptors (Lipinski definition) is 7. The number of carbonyl (C=O) groups excluding carboxylic acids is 6. The zero-order chi connectivity index (χ0) is 26.9. The molecule has 4 rings (SSSR count). The van der Waals surface area contributed by atoms with E-state index in [1.807, 2.05) is 6.92 Å². The third-order valence-corrected chi connectivity index (χ3v) is 6.68. The molecule has 1 saturated carbocycles. The summed E-state index contributed by atoms with van der Waals surface area (Å²) in [6.45, 7) is 1.86. The number of rotatable bonds is 9. The Bertz CT molecular complexity index is 1150. The minimum atomic E-state index is -1.28. The van der Waals surface area contributed by atoms with Crippen molar-refractivity contribution >= 4 is 52.8 Å². The Morgan fingerprint density at radius 1 is 1.22 bits per heavy atom. The number of ketones is 1. The number of likely N-dealkylation sites (N-methyl/N-ethyl adjacent to an activating group) is 1. The molecule has 198 valence electrons. The first-order valence-electron chi connectivity index (χ1n) is 12.0. The van der Waals surface area contributed by atoms with E-state index >= 15 is 0 Å². The Labute approximate surface area is 217 Å². The minimum absolute atomic E-state index is 0.0361. The summed E-state index contributed by atoms with van der Waals surface area (Å²) in [6.07, 6.45) is 0.214. The molecule has 0 radical (unpaired) electrons. The first-order chi connectivity index (χ1) is 17.5. The molecule has 12 nitrogen and oxygen atoms in total. The van der Waals surface area contributed by atoms with E-state index in [4.69, 9.17) is 16.3 Å². The van der Waals surface area contributed by atoms with Crippen LogP contribution in [0.4, 0.5) is 10.5 Å². The van der Waals surface area contributed by atoms with Crippen LogP contribution in [0.2, 0.25) is 5.02 Å². The Kier molecular flexibility index (Phi) is 7.67. The lowest BCUT2D eigenvalue weighted by Gasteiger charge is -2.21. The first-order valence-corrected chi connectivity index (χ1v) is 12.4. The van der Waals surface area contributed by atoms with Crippen LogP contribution in [-0.2, 0) is 23.9 Å². The van der Waals surface area contributed by atoms with E-state index in [-0.39, 0.29) is 47.2 Å². The molecule has 2 aliphatic heterocycles. The van der Waals surface area contributed by atoms with Gasteiger partial charge in [0.05, 0.1) is 23.8 Å². The predicted octanol–water partition coefficient (Wildman–Crippen LogP) is 0.590. The molecule has 4 N–H and O–H groups in total. The van der Waals surface area contributed by atoms with Gasteiger partial charge in [0, 0.05) is 30.1 Å². The second-order valence-corrected chi connectivity index (χ2v) is 10.1. The van der Waals surface area contributed by atoms with Crippen molar-refractivity contribution in [3.8, 4) is 0 Å². The molecule has 5 amide bonds. The normalized spacial score (nSPS) is 23.6. The van der Waals surface area contributed by atoms with Crippen LogP contribution in [-0.4, -0.2) is 78.2 Å². The van der Waals surface area contributed by atoms with Crippen LogP contribution in [0.25, 0.3) is 0 Å². The highest BCUT2D eigenvalue weighted by Gasteiger charge is 2.38. The molecule has 0 unspecified atom stereocenters. The molecule has 0 spiro atoms. The van der Waals surface area contributed by atoms with Crippen LogP contribution in [0.15, 0.2) is 18.2 Å². The number of carbonyl (C=O) groups is 6. The van der Waals surface area contributed by atoms with Gasteiger partial charge in [0.25, 0.3) is 17.7 Å². The molecule has 4 atom stereocenters. The van der Waals surface area contributed by atoms with Gasteiger partial charge < -0.3 is 30.9 Å². The number of halogens is 1. The molecule has 1 aromatic carbocycles. The molecule has 2 saturated heterocycles. The van der Waals surface area contributed by atoms with Gasteiger partial charge in [0.2, 0.25) is 11.7 Å². The third kappa shape index (κ3) is 6.37. The van der Waals surface area contributed by atoms with Crippen LogP contribution in [0.1, 0.15) is 43.0 Å². The molecule has 3 aliphatic rings. The lowest BCUT2D eigenvalue weighted by Crippen LogP contribution is -2.49. The van der Waals surface area contributed by atoms with Gasteiger partial charge in [-0.05, 0) is 50.8 Å². The molecule has 37 heavy (non-hydrogen) atoms. The lowest BCUT2D eigenvalue weighted by atomic mass is 9.93. The van der Waals surface area contributed by atoms with Crippen molar-refractivity contribution in [1.29, 1.82) is 0 Å². The molecule has 0 bridgehead atoms. The summed E-state index contributed by atoms with van der Waals surface area (Å²) >= 11 is 6.10. The quantitative estimate of drug-likeness (QED) is 0.337. The number of amides is 5. The predicted molar refractivity (Wildman–Crippen MR) is 131 cm³/mol. The van der Waals surface area contributed by atoms with Gasteiger partial charge in [0.15, 0.2) is 6.10 Å². The second kappa shape index (κ2) is 10.8. The average molecular weight is 534 g/mol. The Morgan fingerprint density at radius 2 is 1.95 bits per heavy atom. The number of anilines is 1. The summed E-state index contributed by atoms with van der Waals surface area (Å²) in [5.74, 6) is -3.93. The summed E-state index contributed by atoms with van der Waals surface area (Å²) in [4.78, 5) is 76.6. The molecule has 0 aromatic heterocycles. The summed E-state index contributed by atoms with van der Waals surface area (Å²) in [6, 6.07) is 2.72. The highest BCUT2D eigenvalue weighted by atomic mass is 35.5. The average Bonchev–Trinajstić information content (AvgIpc) is 3.51.